The first-order chi connectivity index (χ1) is 9.36. The standard InChI is InChI=1S/C16H17BrN2/c17-14-8-4-5-9-15(14)19-11-10-18-12-16(19)13-6-2-1-3-7-13/h1-9,16,18H,10-12H2. The summed E-state index contributed by atoms with van der Waals surface area (Å²) in [6.45, 7) is 3.05. The Morgan fingerprint density at radius 2 is 1.74 bits per heavy atom. The van der Waals surface area contributed by atoms with E-state index in [4.69, 9.17) is 0 Å². The van der Waals surface area contributed by atoms with Crippen molar-refractivity contribution >= 4 is 21.6 Å². The molecule has 3 rings (SSSR count). The molecule has 1 atom stereocenters. The van der Waals surface area contributed by atoms with Crippen molar-refractivity contribution in [3.63, 3.8) is 0 Å². The Kier molecular flexibility index (Phi) is 3.85. The second-order valence-electron chi connectivity index (χ2n) is 4.78. The van der Waals surface area contributed by atoms with Crippen LogP contribution in [0.25, 0.3) is 0 Å². The lowest BCUT2D eigenvalue weighted by atomic mass is 10.0. The molecule has 19 heavy (non-hydrogen) atoms. The highest BCUT2D eigenvalue weighted by atomic mass is 79.9. The molecule has 2 aromatic carbocycles. The summed E-state index contributed by atoms with van der Waals surface area (Å²) in [4.78, 5) is 2.48. The van der Waals surface area contributed by atoms with Gasteiger partial charge in [-0.25, -0.2) is 0 Å². The van der Waals surface area contributed by atoms with Crippen LogP contribution in [0.1, 0.15) is 11.6 Å². The highest BCUT2D eigenvalue weighted by molar-refractivity contribution is 9.10. The largest absolute Gasteiger partial charge is 0.361 e. The summed E-state index contributed by atoms with van der Waals surface area (Å²) in [6.07, 6.45) is 0. The van der Waals surface area contributed by atoms with Crippen molar-refractivity contribution < 1.29 is 0 Å². The van der Waals surface area contributed by atoms with Gasteiger partial charge in [0.25, 0.3) is 0 Å². The van der Waals surface area contributed by atoms with E-state index in [0.717, 1.165) is 24.1 Å². The minimum atomic E-state index is 0.397. The molecule has 3 heteroatoms. The first-order valence-electron chi connectivity index (χ1n) is 6.63. The molecule has 2 nitrogen and oxygen atoms in total. The van der Waals surface area contributed by atoms with E-state index < -0.39 is 0 Å². The third-order valence-electron chi connectivity index (χ3n) is 3.59. The Morgan fingerprint density at radius 3 is 2.53 bits per heavy atom. The van der Waals surface area contributed by atoms with Gasteiger partial charge in [-0.1, -0.05) is 42.5 Å². The number of halogens is 1. The number of hydrogen-bond donors (Lipinski definition) is 1. The topological polar surface area (TPSA) is 15.3 Å². The normalized spacial score (nSPS) is 19.4. The first kappa shape index (κ1) is 12.7. The van der Waals surface area contributed by atoms with Gasteiger partial charge < -0.3 is 10.2 Å². The van der Waals surface area contributed by atoms with E-state index in [1.807, 2.05) is 0 Å². The zero-order valence-electron chi connectivity index (χ0n) is 10.7. The lowest BCUT2D eigenvalue weighted by molar-refractivity contribution is 0.489. The van der Waals surface area contributed by atoms with Crippen LogP contribution in [0.2, 0.25) is 0 Å². The van der Waals surface area contributed by atoms with Gasteiger partial charge in [-0.05, 0) is 33.6 Å². The smallest absolute Gasteiger partial charge is 0.0667 e. The van der Waals surface area contributed by atoms with Crippen molar-refractivity contribution in [1.29, 1.82) is 0 Å². The maximum Gasteiger partial charge on any atom is 0.0667 e. The van der Waals surface area contributed by atoms with Crippen LogP contribution in [0.5, 0.6) is 0 Å². The van der Waals surface area contributed by atoms with Crippen molar-refractivity contribution in [2.45, 2.75) is 6.04 Å². The number of hydrogen-bond acceptors (Lipinski definition) is 2. The number of nitrogens with one attached hydrogen (secondary N) is 1. The van der Waals surface area contributed by atoms with E-state index in [0.29, 0.717) is 6.04 Å². The molecule has 1 fully saturated rings. The molecular formula is C16H17BrN2. The molecule has 0 amide bonds. The molecule has 2 aromatic rings. The fourth-order valence-electron chi connectivity index (χ4n) is 2.65. The lowest BCUT2D eigenvalue weighted by Gasteiger charge is -2.38. The molecule has 1 aliphatic rings. The predicted molar refractivity (Wildman–Crippen MR) is 83.5 cm³/mol. The number of benzene rings is 2. The summed E-state index contributed by atoms with van der Waals surface area (Å²) < 4.78 is 1.16. The third kappa shape index (κ3) is 2.67. The van der Waals surface area contributed by atoms with E-state index in [9.17, 15) is 0 Å². The summed E-state index contributed by atoms with van der Waals surface area (Å²) in [5.74, 6) is 0. The van der Waals surface area contributed by atoms with Crippen molar-refractivity contribution in [2.24, 2.45) is 0 Å². The third-order valence-corrected chi connectivity index (χ3v) is 4.26. The SMILES string of the molecule is Brc1ccccc1N1CCNCC1c1ccccc1. The molecule has 0 spiro atoms. The van der Waals surface area contributed by atoms with Crippen LogP contribution in [0.15, 0.2) is 59.1 Å². The van der Waals surface area contributed by atoms with Gasteiger partial charge in [0.15, 0.2) is 0 Å². The van der Waals surface area contributed by atoms with E-state index in [2.05, 4.69) is 80.7 Å². The molecule has 1 unspecified atom stereocenters. The minimum Gasteiger partial charge on any atom is -0.361 e. The average molecular weight is 317 g/mol. The molecule has 1 saturated heterocycles. The molecule has 0 bridgehead atoms. The predicted octanol–water partition coefficient (Wildman–Crippen LogP) is 3.60. The Bertz CT molecular complexity index is 541. The maximum absolute atomic E-state index is 3.67. The zero-order chi connectivity index (χ0) is 13.1. The van der Waals surface area contributed by atoms with E-state index in [1.54, 1.807) is 0 Å². The monoisotopic (exact) mass is 316 g/mol. The minimum absolute atomic E-state index is 0.397. The van der Waals surface area contributed by atoms with E-state index in [-0.39, 0.29) is 0 Å². The van der Waals surface area contributed by atoms with Crippen molar-refractivity contribution in [1.82, 2.24) is 5.32 Å². The molecule has 98 valence electrons. The second kappa shape index (κ2) is 5.76. The summed E-state index contributed by atoms with van der Waals surface area (Å²) in [5, 5.41) is 3.50. The molecule has 0 radical (unpaired) electrons. The van der Waals surface area contributed by atoms with Crippen LogP contribution in [0.3, 0.4) is 0 Å². The van der Waals surface area contributed by atoms with Crippen LogP contribution in [-0.2, 0) is 0 Å². The van der Waals surface area contributed by atoms with Gasteiger partial charge in [0.05, 0.1) is 11.7 Å². The molecule has 0 aromatic heterocycles. The number of rotatable bonds is 2. The molecule has 1 heterocycles. The number of anilines is 1. The van der Waals surface area contributed by atoms with Crippen LogP contribution < -0.4 is 10.2 Å². The van der Waals surface area contributed by atoms with Gasteiger partial charge in [0, 0.05) is 24.1 Å². The lowest BCUT2D eigenvalue weighted by Crippen LogP contribution is -2.46. The van der Waals surface area contributed by atoms with Crippen LogP contribution in [-0.4, -0.2) is 19.6 Å². The summed E-state index contributed by atoms with van der Waals surface area (Å²) >= 11 is 3.67. The molecule has 0 saturated carbocycles. The van der Waals surface area contributed by atoms with Crippen LogP contribution in [0, 0.1) is 0 Å². The van der Waals surface area contributed by atoms with Gasteiger partial charge in [0.1, 0.15) is 0 Å². The van der Waals surface area contributed by atoms with Gasteiger partial charge in [-0.2, -0.15) is 0 Å². The van der Waals surface area contributed by atoms with Crippen molar-refractivity contribution in [3.8, 4) is 0 Å². The molecule has 1 aliphatic heterocycles. The van der Waals surface area contributed by atoms with Crippen LogP contribution in [0.4, 0.5) is 5.69 Å². The highest BCUT2D eigenvalue weighted by Gasteiger charge is 2.24. The van der Waals surface area contributed by atoms with E-state index in [1.165, 1.54) is 11.3 Å². The molecule has 1 N–H and O–H groups in total. The number of piperazine rings is 1. The number of nitrogens with zero attached hydrogens (tertiary/aromatic N) is 1. The van der Waals surface area contributed by atoms with Gasteiger partial charge in [-0.15, -0.1) is 0 Å². The highest BCUT2D eigenvalue weighted by Crippen LogP contribution is 2.33. The quantitative estimate of drug-likeness (QED) is 0.910. The van der Waals surface area contributed by atoms with Crippen LogP contribution >= 0.6 is 15.9 Å². The maximum atomic E-state index is 3.67. The van der Waals surface area contributed by atoms with Crippen molar-refractivity contribution in [3.05, 3.63) is 64.6 Å². The average Bonchev–Trinajstić information content (AvgIpc) is 2.49. The number of para-hydroxylation sites is 1. The van der Waals surface area contributed by atoms with E-state index >= 15 is 0 Å². The summed E-state index contributed by atoms with van der Waals surface area (Å²) in [5.41, 5.74) is 2.64. The fraction of sp³-hybridized carbons (Fsp3) is 0.250. The van der Waals surface area contributed by atoms with Gasteiger partial charge in [0.2, 0.25) is 0 Å². The Morgan fingerprint density at radius 1 is 1.00 bits per heavy atom. The van der Waals surface area contributed by atoms with Crippen molar-refractivity contribution in [2.75, 3.05) is 24.5 Å². The molecule has 0 aliphatic carbocycles. The summed E-state index contributed by atoms with van der Waals surface area (Å²) in [7, 11) is 0. The Labute approximate surface area is 122 Å². The Hall–Kier alpha value is -1.32. The second-order valence-corrected chi connectivity index (χ2v) is 5.63. The fourth-order valence-corrected chi connectivity index (χ4v) is 3.16. The Balaban J connectivity index is 1.96. The van der Waals surface area contributed by atoms with Gasteiger partial charge >= 0.3 is 0 Å². The van der Waals surface area contributed by atoms with Gasteiger partial charge in [-0.3, -0.25) is 0 Å². The molecular weight excluding hydrogens is 300 g/mol. The summed E-state index contributed by atoms with van der Waals surface area (Å²) in [6, 6.07) is 19.6. The first-order valence-corrected chi connectivity index (χ1v) is 7.42. The zero-order valence-corrected chi connectivity index (χ0v) is 12.3.